The van der Waals surface area contributed by atoms with Gasteiger partial charge in [-0.15, -0.1) is 0 Å². The molecule has 1 saturated heterocycles. The van der Waals surface area contributed by atoms with E-state index in [1.807, 2.05) is 13.0 Å². The number of rotatable bonds is 4. The summed E-state index contributed by atoms with van der Waals surface area (Å²) in [6.07, 6.45) is 2.31. The lowest BCUT2D eigenvalue weighted by Gasteiger charge is -2.35. The first-order valence-electron chi connectivity index (χ1n) is 10.3. The summed E-state index contributed by atoms with van der Waals surface area (Å²) in [5.74, 6) is 0.508. The normalized spacial score (nSPS) is 17.7. The van der Waals surface area contributed by atoms with Gasteiger partial charge < -0.3 is 15.2 Å². The molecular formula is C22H22Cl2N4O2S. The average Bonchev–Trinajstić information content (AvgIpc) is 3.17. The van der Waals surface area contributed by atoms with Crippen molar-refractivity contribution in [3.63, 3.8) is 0 Å². The Hall–Kier alpha value is -1.93. The van der Waals surface area contributed by atoms with Crippen LogP contribution < -0.4 is 10.9 Å². The SMILES string of the molecule is Cc1[nH]c(=O)c(CN2CCc3c(Cl)cc(C(C)C4CNC4)c(Cl)c3C2=O)c2cnsc12. The molecule has 0 saturated carbocycles. The zero-order valence-corrected chi connectivity index (χ0v) is 19.5. The van der Waals surface area contributed by atoms with Gasteiger partial charge in [-0.2, -0.15) is 4.37 Å². The topological polar surface area (TPSA) is 78.1 Å². The van der Waals surface area contributed by atoms with Crippen molar-refractivity contribution >= 4 is 50.7 Å². The largest absolute Gasteiger partial charge is 0.334 e. The lowest BCUT2D eigenvalue weighted by molar-refractivity contribution is 0.0727. The number of aromatic amines is 1. The van der Waals surface area contributed by atoms with E-state index >= 15 is 0 Å². The first-order valence-corrected chi connectivity index (χ1v) is 11.9. The van der Waals surface area contributed by atoms with E-state index in [1.165, 1.54) is 11.5 Å². The molecule has 4 heterocycles. The second-order valence-corrected chi connectivity index (χ2v) is 10.0. The Morgan fingerprint density at radius 2 is 2.10 bits per heavy atom. The van der Waals surface area contributed by atoms with E-state index in [1.54, 1.807) is 11.1 Å². The number of nitrogens with zero attached hydrogens (tertiary/aromatic N) is 2. The molecule has 0 bridgehead atoms. The summed E-state index contributed by atoms with van der Waals surface area (Å²) < 4.78 is 5.17. The highest BCUT2D eigenvalue weighted by atomic mass is 35.5. The van der Waals surface area contributed by atoms with Gasteiger partial charge in [0.05, 0.1) is 21.8 Å². The van der Waals surface area contributed by atoms with Gasteiger partial charge in [-0.25, -0.2) is 0 Å². The van der Waals surface area contributed by atoms with Crippen LogP contribution in [0.25, 0.3) is 10.1 Å². The van der Waals surface area contributed by atoms with Crippen molar-refractivity contribution in [1.29, 1.82) is 0 Å². The number of halogens is 2. The fourth-order valence-electron chi connectivity index (χ4n) is 4.56. The minimum absolute atomic E-state index is 0.176. The molecule has 0 spiro atoms. The molecule has 5 rings (SSSR count). The number of carbonyl (C=O) groups is 1. The van der Waals surface area contributed by atoms with Gasteiger partial charge in [0, 0.05) is 34.4 Å². The molecule has 1 unspecified atom stereocenters. The van der Waals surface area contributed by atoms with Crippen LogP contribution in [0, 0.1) is 12.8 Å². The number of H-pyrrole nitrogens is 1. The van der Waals surface area contributed by atoms with Gasteiger partial charge in [0.15, 0.2) is 0 Å². The maximum atomic E-state index is 13.5. The van der Waals surface area contributed by atoms with Crippen molar-refractivity contribution in [2.75, 3.05) is 19.6 Å². The first kappa shape index (κ1) is 20.9. The Labute approximate surface area is 193 Å². The molecule has 0 radical (unpaired) electrons. The lowest BCUT2D eigenvalue weighted by atomic mass is 9.82. The van der Waals surface area contributed by atoms with E-state index < -0.39 is 0 Å². The van der Waals surface area contributed by atoms with Crippen LogP contribution in [0.5, 0.6) is 0 Å². The van der Waals surface area contributed by atoms with Crippen LogP contribution in [0.1, 0.15) is 45.6 Å². The minimum Gasteiger partial charge on any atom is -0.334 e. The predicted octanol–water partition coefficient (Wildman–Crippen LogP) is 4.12. The highest BCUT2D eigenvalue weighted by Gasteiger charge is 2.34. The van der Waals surface area contributed by atoms with Crippen molar-refractivity contribution in [2.45, 2.75) is 32.7 Å². The molecule has 2 aliphatic heterocycles. The highest BCUT2D eigenvalue weighted by Crippen LogP contribution is 2.40. The van der Waals surface area contributed by atoms with Crippen LogP contribution in [0.2, 0.25) is 10.0 Å². The summed E-state index contributed by atoms with van der Waals surface area (Å²) in [5.41, 5.74) is 3.37. The number of aromatic nitrogens is 2. The maximum Gasteiger partial charge on any atom is 0.256 e. The summed E-state index contributed by atoms with van der Waals surface area (Å²) in [5, 5.41) is 5.18. The number of pyridine rings is 1. The summed E-state index contributed by atoms with van der Waals surface area (Å²) in [6, 6.07) is 1.93. The molecule has 9 heteroatoms. The van der Waals surface area contributed by atoms with Crippen LogP contribution >= 0.6 is 34.7 Å². The molecule has 0 aliphatic carbocycles. The summed E-state index contributed by atoms with van der Waals surface area (Å²) in [4.78, 5) is 30.8. The number of aryl methyl sites for hydroxylation is 1. The van der Waals surface area contributed by atoms with Gasteiger partial charge in [0.2, 0.25) is 0 Å². The maximum absolute atomic E-state index is 13.5. The smallest absolute Gasteiger partial charge is 0.256 e. The molecule has 1 aromatic carbocycles. The Morgan fingerprint density at radius 3 is 2.81 bits per heavy atom. The summed E-state index contributed by atoms with van der Waals surface area (Å²) in [6.45, 7) is 6.56. The van der Waals surface area contributed by atoms with Gasteiger partial charge in [0.1, 0.15) is 0 Å². The molecule has 1 atom stereocenters. The predicted molar refractivity (Wildman–Crippen MR) is 125 cm³/mol. The molecule has 3 aromatic rings. The second kappa shape index (κ2) is 7.89. The molecule has 2 aliphatic rings. The van der Waals surface area contributed by atoms with E-state index in [0.717, 1.165) is 40.0 Å². The van der Waals surface area contributed by atoms with Crippen LogP contribution in [-0.2, 0) is 13.0 Å². The van der Waals surface area contributed by atoms with Gasteiger partial charge in [-0.1, -0.05) is 30.1 Å². The molecule has 31 heavy (non-hydrogen) atoms. The van der Waals surface area contributed by atoms with E-state index in [9.17, 15) is 9.59 Å². The third kappa shape index (κ3) is 3.39. The van der Waals surface area contributed by atoms with Crippen molar-refractivity contribution in [2.24, 2.45) is 5.92 Å². The Bertz CT molecular complexity index is 1260. The van der Waals surface area contributed by atoms with E-state index in [-0.39, 0.29) is 23.9 Å². The Balaban J connectivity index is 1.53. The fourth-order valence-corrected chi connectivity index (χ4v) is 6.01. The molecule has 1 fully saturated rings. The van der Waals surface area contributed by atoms with Crippen LogP contribution in [-0.4, -0.2) is 39.8 Å². The van der Waals surface area contributed by atoms with E-state index in [4.69, 9.17) is 23.2 Å². The van der Waals surface area contributed by atoms with Crippen molar-refractivity contribution in [3.8, 4) is 0 Å². The summed E-state index contributed by atoms with van der Waals surface area (Å²) in [7, 11) is 0. The number of benzene rings is 1. The first-order chi connectivity index (χ1) is 14.9. The van der Waals surface area contributed by atoms with Gasteiger partial charge in [-0.05, 0) is 67.0 Å². The number of hydrogen-bond acceptors (Lipinski definition) is 5. The van der Waals surface area contributed by atoms with E-state index in [0.29, 0.717) is 40.1 Å². The third-order valence-electron chi connectivity index (χ3n) is 6.65. The molecule has 2 N–H and O–H groups in total. The zero-order valence-electron chi connectivity index (χ0n) is 17.2. The highest BCUT2D eigenvalue weighted by molar-refractivity contribution is 7.13. The molecule has 2 aromatic heterocycles. The number of amides is 1. The molecule has 1 amide bonds. The molecular weight excluding hydrogens is 455 g/mol. The second-order valence-electron chi connectivity index (χ2n) is 8.43. The third-order valence-corrected chi connectivity index (χ3v) is 8.31. The Morgan fingerprint density at radius 1 is 1.32 bits per heavy atom. The number of nitrogens with one attached hydrogen (secondary N) is 2. The molecule has 162 valence electrons. The van der Waals surface area contributed by atoms with Crippen LogP contribution in [0.15, 0.2) is 17.1 Å². The average molecular weight is 477 g/mol. The Kier molecular flexibility index (Phi) is 5.33. The van der Waals surface area contributed by atoms with Gasteiger partial charge in [-0.3, -0.25) is 9.59 Å². The number of carbonyl (C=O) groups excluding carboxylic acids is 1. The minimum atomic E-state index is -0.187. The number of hydrogen-bond donors (Lipinski definition) is 2. The van der Waals surface area contributed by atoms with Crippen LogP contribution in [0.3, 0.4) is 0 Å². The van der Waals surface area contributed by atoms with Crippen LogP contribution in [0.4, 0.5) is 0 Å². The van der Waals surface area contributed by atoms with Crippen molar-refractivity contribution in [1.82, 2.24) is 19.6 Å². The lowest BCUT2D eigenvalue weighted by Crippen LogP contribution is -2.45. The van der Waals surface area contributed by atoms with Crippen molar-refractivity contribution < 1.29 is 4.79 Å². The van der Waals surface area contributed by atoms with Gasteiger partial charge in [0.25, 0.3) is 11.5 Å². The summed E-state index contributed by atoms with van der Waals surface area (Å²) >= 11 is 14.8. The molecule has 6 nitrogen and oxygen atoms in total. The number of fused-ring (bicyclic) bond motifs is 2. The standard InChI is InChI=1S/C22H22Cl2N4O2S/c1-10(12-6-25-7-12)14-5-17(23)13-3-4-28(22(30)18(13)19(14)24)9-16-15-8-26-31-20(15)11(2)27-21(16)29/h5,8,10,12,25H,3-4,6-7,9H2,1-2H3,(H,27,29). The van der Waals surface area contributed by atoms with Gasteiger partial charge >= 0.3 is 0 Å². The van der Waals surface area contributed by atoms with E-state index in [2.05, 4.69) is 21.6 Å². The zero-order chi connectivity index (χ0) is 21.9. The quantitative estimate of drug-likeness (QED) is 0.593. The monoisotopic (exact) mass is 476 g/mol. The fraction of sp³-hybridized carbons (Fsp3) is 0.409. The van der Waals surface area contributed by atoms with Crippen molar-refractivity contribution in [3.05, 3.63) is 60.6 Å².